The molecule has 0 saturated heterocycles. The van der Waals surface area contributed by atoms with Gasteiger partial charge in [0, 0.05) is 24.4 Å². The number of aromatic nitrogens is 1. The lowest BCUT2D eigenvalue weighted by Gasteiger charge is -2.22. The van der Waals surface area contributed by atoms with E-state index in [9.17, 15) is 9.90 Å². The third-order valence-electron chi connectivity index (χ3n) is 3.36. The van der Waals surface area contributed by atoms with Gasteiger partial charge >= 0.3 is 6.03 Å². The molecule has 1 aromatic carbocycles. The number of benzene rings is 1. The summed E-state index contributed by atoms with van der Waals surface area (Å²) in [6.07, 6.45) is 0. The van der Waals surface area contributed by atoms with E-state index in [1.54, 1.807) is 16.2 Å². The van der Waals surface area contributed by atoms with Crippen molar-refractivity contribution in [3.05, 3.63) is 52.0 Å². The highest BCUT2D eigenvalue weighted by atomic mass is 32.1. The number of aliphatic hydroxyl groups is 1. The summed E-state index contributed by atoms with van der Waals surface area (Å²) in [5.74, 6) is 0.397. The third kappa shape index (κ3) is 5.33. The zero-order valence-corrected chi connectivity index (χ0v) is 14.3. The van der Waals surface area contributed by atoms with Gasteiger partial charge in [-0.2, -0.15) is 0 Å². The van der Waals surface area contributed by atoms with Crippen LogP contribution in [0.4, 0.5) is 4.79 Å². The Balaban J connectivity index is 1.92. The molecule has 1 aromatic heterocycles. The molecule has 0 radical (unpaired) electrons. The largest absolute Gasteiger partial charge is 0.395 e. The predicted molar refractivity (Wildman–Crippen MR) is 92.4 cm³/mol. The summed E-state index contributed by atoms with van der Waals surface area (Å²) in [6.45, 7) is 5.32. The Morgan fingerprint density at radius 1 is 1.35 bits per heavy atom. The molecule has 2 amide bonds. The highest BCUT2D eigenvalue weighted by Crippen LogP contribution is 2.19. The maximum absolute atomic E-state index is 12.3. The van der Waals surface area contributed by atoms with Gasteiger partial charge in [-0.25, -0.2) is 9.78 Å². The molecule has 0 aliphatic carbocycles. The maximum Gasteiger partial charge on any atom is 0.318 e. The Morgan fingerprint density at radius 3 is 2.70 bits per heavy atom. The molecule has 0 fully saturated rings. The van der Waals surface area contributed by atoms with Gasteiger partial charge < -0.3 is 15.3 Å². The van der Waals surface area contributed by atoms with Crippen molar-refractivity contribution in [2.24, 2.45) is 0 Å². The molecule has 0 saturated carbocycles. The van der Waals surface area contributed by atoms with E-state index >= 15 is 0 Å². The molecule has 0 spiro atoms. The quantitative estimate of drug-likeness (QED) is 0.819. The van der Waals surface area contributed by atoms with Crippen LogP contribution in [-0.2, 0) is 13.1 Å². The van der Waals surface area contributed by atoms with Crippen LogP contribution in [-0.4, -0.2) is 34.2 Å². The molecule has 2 aromatic rings. The SMILES string of the molecule is CC(C)c1nc(CNC(=O)N(CCO)Cc2ccccc2)cs1. The maximum atomic E-state index is 12.3. The smallest absolute Gasteiger partial charge is 0.318 e. The Morgan fingerprint density at radius 2 is 2.09 bits per heavy atom. The highest BCUT2D eigenvalue weighted by molar-refractivity contribution is 7.09. The van der Waals surface area contributed by atoms with E-state index in [4.69, 9.17) is 0 Å². The van der Waals surface area contributed by atoms with Crippen molar-refractivity contribution in [1.82, 2.24) is 15.2 Å². The van der Waals surface area contributed by atoms with Gasteiger partial charge in [0.25, 0.3) is 0 Å². The van der Waals surface area contributed by atoms with Gasteiger partial charge in [0.1, 0.15) is 0 Å². The summed E-state index contributed by atoms with van der Waals surface area (Å²) in [7, 11) is 0. The average molecular weight is 333 g/mol. The molecule has 5 nitrogen and oxygen atoms in total. The number of carbonyl (C=O) groups excluding carboxylic acids is 1. The number of urea groups is 1. The van der Waals surface area contributed by atoms with Crippen molar-refractivity contribution in [1.29, 1.82) is 0 Å². The van der Waals surface area contributed by atoms with Crippen LogP contribution in [0.1, 0.15) is 36.0 Å². The molecule has 0 aliphatic heterocycles. The third-order valence-corrected chi connectivity index (χ3v) is 4.55. The van der Waals surface area contributed by atoms with Crippen LogP contribution >= 0.6 is 11.3 Å². The summed E-state index contributed by atoms with van der Waals surface area (Å²) in [4.78, 5) is 18.4. The number of thiazole rings is 1. The summed E-state index contributed by atoms with van der Waals surface area (Å²) >= 11 is 1.61. The van der Waals surface area contributed by atoms with Gasteiger partial charge in [-0.3, -0.25) is 0 Å². The lowest BCUT2D eigenvalue weighted by atomic mass is 10.2. The molecule has 6 heteroatoms. The first-order valence-electron chi connectivity index (χ1n) is 7.72. The topological polar surface area (TPSA) is 65.5 Å². The molecule has 1 heterocycles. The minimum atomic E-state index is -0.193. The Hall–Kier alpha value is -1.92. The Kier molecular flexibility index (Phi) is 6.55. The molecule has 0 unspecified atom stereocenters. The molecule has 0 atom stereocenters. The van der Waals surface area contributed by atoms with Crippen LogP contribution in [0, 0.1) is 0 Å². The van der Waals surface area contributed by atoms with Gasteiger partial charge in [0.15, 0.2) is 0 Å². The summed E-state index contributed by atoms with van der Waals surface area (Å²) in [5.41, 5.74) is 1.91. The van der Waals surface area contributed by atoms with Crippen LogP contribution in [0.5, 0.6) is 0 Å². The Labute approximate surface area is 141 Å². The zero-order chi connectivity index (χ0) is 16.7. The second kappa shape index (κ2) is 8.64. The molecular weight excluding hydrogens is 310 g/mol. The summed E-state index contributed by atoms with van der Waals surface area (Å²) in [6, 6.07) is 9.55. The normalized spacial score (nSPS) is 10.8. The average Bonchev–Trinajstić information content (AvgIpc) is 3.02. The fraction of sp³-hybridized carbons (Fsp3) is 0.412. The van der Waals surface area contributed by atoms with E-state index in [0.29, 0.717) is 25.6 Å². The minimum Gasteiger partial charge on any atom is -0.395 e. The van der Waals surface area contributed by atoms with E-state index in [2.05, 4.69) is 24.1 Å². The lowest BCUT2D eigenvalue weighted by Crippen LogP contribution is -2.40. The van der Waals surface area contributed by atoms with E-state index < -0.39 is 0 Å². The van der Waals surface area contributed by atoms with Gasteiger partial charge in [-0.15, -0.1) is 11.3 Å². The number of nitrogens with one attached hydrogen (secondary N) is 1. The van der Waals surface area contributed by atoms with Crippen LogP contribution in [0.2, 0.25) is 0 Å². The van der Waals surface area contributed by atoms with Crippen LogP contribution in [0.15, 0.2) is 35.7 Å². The molecule has 2 rings (SSSR count). The van der Waals surface area contributed by atoms with Crippen molar-refractivity contribution >= 4 is 17.4 Å². The number of carbonyl (C=O) groups is 1. The standard InChI is InChI=1S/C17H23N3O2S/c1-13(2)16-19-15(12-23-16)10-18-17(22)20(8-9-21)11-14-6-4-3-5-7-14/h3-7,12-13,21H,8-11H2,1-2H3,(H,18,22). The van der Waals surface area contributed by atoms with Gasteiger partial charge in [0.05, 0.1) is 23.9 Å². The van der Waals surface area contributed by atoms with E-state index in [1.807, 2.05) is 35.7 Å². The van der Waals surface area contributed by atoms with Gasteiger partial charge in [0.2, 0.25) is 0 Å². The number of hydrogen-bond acceptors (Lipinski definition) is 4. The lowest BCUT2D eigenvalue weighted by molar-refractivity contribution is 0.173. The van der Waals surface area contributed by atoms with Crippen molar-refractivity contribution in [2.75, 3.05) is 13.2 Å². The van der Waals surface area contributed by atoms with E-state index in [-0.39, 0.29) is 12.6 Å². The van der Waals surface area contributed by atoms with Crippen LogP contribution < -0.4 is 5.32 Å². The fourth-order valence-electron chi connectivity index (χ4n) is 2.12. The molecular formula is C17H23N3O2S. The first-order chi connectivity index (χ1) is 11.1. The molecule has 23 heavy (non-hydrogen) atoms. The van der Waals surface area contributed by atoms with Crippen LogP contribution in [0.25, 0.3) is 0 Å². The molecule has 0 aliphatic rings. The van der Waals surface area contributed by atoms with Gasteiger partial charge in [-0.05, 0) is 5.56 Å². The van der Waals surface area contributed by atoms with Crippen molar-refractivity contribution in [2.45, 2.75) is 32.9 Å². The molecule has 2 N–H and O–H groups in total. The number of rotatable bonds is 7. The second-order valence-corrected chi connectivity index (χ2v) is 6.51. The number of hydrogen-bond donors (Lipinski definition) is 2. The number of aliphatic hydroxyl groups excluding tert-OH is 1. The van der Waals surface area contributed by atoms with Gasteiger partial charge in [-0.1, -0.05) is 44.2 Å². The molecule has 0 bridgehead atoms. The van der Waals surface area contributed by atoms with Crippen LogP contribution in [0.3, 0.4) is 0 Å². The Bertz CT molecular complexity index is 613. The van der Waals surface area contributed by atoms with Crippen molar-refractivity contribution < 1.29 is 9.90 Å². The van der Waals surface area contributed by atoms with E-state index in [0.717, 1.165) is 16.3 Å². The van der Waals surface area contributed by atoms with Crippen molar-refractivity contribution in [3.63, 3.8) is 0 Å². The fourth-order valence-corrected chi connectivity index (χ4v) is 2.96. The second-order valence-electron chi connectivity index (χ2n) is 5.62. The summed E-state index contributed by atoms with van der Waals surface area (Å²) in [5, 5.41) is 15.1. The van der Waals surface area contributed by atoms with Crippen molar-refractivity contribution in [3.8, 4) is 0 Å². The highest BCUT2D eigenvalue weighted by Gasteiger charge is 2.14. The predicted octanol–water partition coefficient (Wildman–Crippen LogP) is 2.97. The number of nitrogens with zero attached hydrogens (tertiary/aromatic N) is 2. The first-order valence-corrected chi connectivity index (χ1v) is 8.60. The monoisotopic (exact) mass is 333 g/mol. The minimum absolute atomic E-state index is 0.0611. The summed E-state index contributed by atoms with van der Waals surface area (Å²) < 4.78 is 0. The van der Waals surface area contributed by atoms with E-state index in [1.165, 1.54) is 0 Å². The molecule has 124 valence electrons. The first kappa shape index (κ1) is 17.4. The number of amides is 2. The zero-order valence-electron chi connectivity index (χ0n) is 13.5.